The van der Waals surface area contributed by atoms with Crippen LogP contribution in [0.1, 0.15) is 12.8 Å². The average Bonchev–Trinajstić information content (AvgIpc) is 2.59. The van der Waals surface area contributed by atoms with Gasteiger partial charge in [-0.1, -0.05) is 17.7 Å². The lowest BCUT2D eigenvalue weighted by Crippen LogP contribution is -2.45. The summed E-state index contributed by atoms with van der Waals surface area (Å²) in [6, 6.07) is 4.29. The number of ether oxygens (including phenoxy) is 2. The highest BCUT2D eigenvalue weighted by Gasteiger charge is 2.29. The van der Waals surface area contributed by atoms with E-state index in [1.807, 2.05) is 4.90 Å². The first-order valence-corrected chi connectivity index (χ1v) is 7.83. The monoisotopic (exact) mass is 354 g/mol. The van der Waals surface area contributed by atoms with E-state index in [-0.39, 0.29) is 22.9 Å². The second-order valence-electron chi connectivity index (χ2n) is 5.43. The molecular weight excluding hydrogens is 336 g/mol. The van der Waals surface area contributed by atoms with Crippen molar-refractivity contribution in [3.05, 3.63) is 45.5 Å². The molecule has 2 rings (SSSR count). The number of carbonyl (C=O) groups is 1. The van der Waals surface area contributed by atoms with Crippen molar-refractivity contribution in [1.82, 2.24) is 0 Å². The van der Waals surface area contributed by atoms with E-state index in [0.29, 0.717) is 12.2 Å². The maximum Gasteiger partial charge on any atom is 0.330 e. The molecule has 1 heterocycles. The van der Waals surface area contributed by atoms with Crippen LogP contribution in [0.3, 0.4) is 0 Å². The molecule has 0 N–H and O–H groups in total. The molecule has 8 heteroatoms. The summed E-state index contributed by atoms with van der Waals surface area (Å²) in [7, 11) is 2.96. The zero-order valence-corrected chi connectivity index (χ0v) is 14.2. The molecule has 1 aromatic carbocycles. The molecule has 1 saturated heterocycles. The van der Waals surface area contributed by atoms with Crippen molar-refractivity contribution < 1.29 is 19.2 Å². The van der Waals surface area contributed by atoms with Crippen LogP contribution >= 0.6 is 11.6 Å². The van der Waals surface area contributed by atoms with E-state index in [2.05, 4.69) is 4.74 Å². The molecule has 0 amide bonds. The highest BCUT2D eigenvalue weighted by molar-refractivity contribution is 6.33. The summed E-state index contributed by atoms with van der Waals surface area (Å²) in [6.45, 7) is 0.574. The number of piperidine rings is 1. The number of anilines is 1. The van der Waals surface area contributed by atoms with Crippen molar-refractivity contribution in [3.8, 4) is 0 Å². The first kappa shape index (κ1) is 18.2. The van der Waals surface area contributed by atoms with Crippen molar-refractivity contribution in [1.29, 1.82) is 0 Å². The van der Waals surface area contributed by atoms with Crippen LogP contribution < -0.4 is 4.90 Å². The number of hydrogen-bond donors (Lipinski definition) is 0. The van der Waals surface area contributed by atoms with Crippen LogP contribution in [0.25, 0.3) is 0 Å². The number of nitrogens with zero attached hydrogens (tertiary/aromatic N) is 2. The highest BCUT2D eigenvalue weighted by Crippen LogP contribution is 2.34. The fraction of sp³-hybridized carbons (Fsp3) is 0.438. The number of hydrogen-bond acceptors (Lipinski definition) is 6. The minimum absolute atomic E-state index is 0.0269. The van der Waals surface area contributed by atoms with Crippen molar-refractivity contribution in [2.45, 2.75) is 25.0 Å². The van der Waals surface area contributed by atoms with E-state index in [1.54, 1.807) is 19.3 Å². The molecule has 2 atom stereocenters. The lowest BCUT2D eigenvalue weighted by molar-refractivity contribution is -0.384. The summed E-state index contributed by atoms with van der Waals surface area (Å²) in [5.41, 5.74) is 0.606. The van der Waals surface area contributed by atoms with Gasteiger partial charge in [-0.3, -0.25) is 10.1 Å². The lowest BCUT2D eigenvalue weighted by Gasteiger charge is -2.39. The maximum absolute atomic E-state index is 11.4. The predicted octanol–water partition coefficient (Wildman–Crippen LogP) is 2.96. The molecule has 0 aromatic heterocycles. The second kappa shape index (κ2) is 8.12. The van der Waals surface area contributed by atoms with E-state index in [9.17, 15) is 14.9 Å². The van der Waals surface area contributed by atoms with Crippen LogP contribution in [-0.4, -0.2) is 43.8 Å². The van der Waals surface area contributed by atoms with Gasteiger partial charge in [0, 0.05) is 37.9 Å². The third-order valence-electron chi connectivity index (χ3n) is 4.03. The quantitative estimate of drug-likeness (QED) is 0.350. The van der Waals surface area contributed by atoms with Gasteiger partial charge in [0.15, 0.2) is 0 Å². The number of methoxy groups -OCH3 is 2. The van der Waals surface area contributed by atoms with Gasteiger partial charge in [0.1, 0.15) is 0 Å². The Morgan fingerprint density at radius 2 is 2.17 bits per heavy atom. The first-order valence-electron chi connectivity index (χ1n) is 7.45. The topological polar surface area (TPSA) is 81.9 Å². The third kappa shape index (κ3) is 4.24. The van der Waals surface area contributed by atoms with E-state index in [1.165, 1.54) is 25.3 Å². The van der Waals surface area contributed by atoms with E-state index >= 15 is 0 Å². The largest absolute Gasteiger partial charge is 0.466 e. The number of benzene rings is 1. The summed E-state index contributed by atoms with van der Waals surface area (Å²) < 4.78 is 10.1. The minimum Gasteiger partial charge on any atom is -0.466 e. The molecule has 24 heavy (non-hydrogen) atoms. The van der Waals surface area contributed by atoms with Gasteiger partial charge in [0.2, 0.25) is 0 Å². The fourth-order valence-corrected chi connectivity index (χ4v) is 3.01. The van der Waals surface area contributed by atoms with E-state index in [4.69, 9.17) is 16.3 Å². The van der Waals surface area contributed by atoms with E-state index < -0.39 is 10.9 Å². The zero-order valence-electron chi connectivity index (χ0n) is 13.5. The number of rotatable bonds is 5. The fourth-order valence-electron chi connectivity index (χ4n) is 2.73. The van der Waals surface area contributed by atoms with Crippen molar-refractivity contribution in [2.24, 2.45) is 0 Å². The van der Waals surface area contributed by atoms with Crippen LogP contribution in [0.4, 0.5) is 11.4 Å². The standard InChI is InChI=1S/C16H19ClN2O5/c1-23-13-6-3-11(5-8-16(20)24-2)18(10-13)15-7-4-12(19(21)22)9-14(15)17/h4-5,7-9,11,13H,3,6,10H2,1-2H3/b8-5+. The second-order valence-corrected chi connectivity index (χ2v) is 5.84. The zero-order chi connectivity index (χ0) is 17.7. The number of nitro benzene ring substituents is 1. The van der Waals surface area contributed by atoms with Gasteiger partial charge in [-0.15, -0.1) is 0 Å². The number of non-ortho nitro benzene ring substituents is 1. The van der Waals surface area contributed by atoms with Crippen LogP contribution in [0.5, 0.6) is 0 Å². The summed E-state index contributed by atoms with van der Waals surface area (Å²) in [5, 5.41) is 11.2. The average molecular weight is 355 g/mol. The lowest BCUT2D eigenvalue weighted by atomic mass is 9.98. The molecule has 130 valence electrons. The van der Waals surface area contributed by atoms with Crippen molar-refractivity contribution >= 4 is 28.9 Å². The van der Waals surface area contributed by atoms with Crippen molar-refractivity contribution in [3.63, 3.8) is 0 Å². The first-order chi connectivity index (χ1) is 11.5. The Hall–Kier alpha value is -2.12. The van der Waals surface area contributed by atoms with E-state index in [0.717, 1.165) is 12.8 Å². The molecule has 1 aliphatic rings. The number of carbonyl (C=O) groups excluding carboxylic acids is 1. The van der Waals surface area contributed by atoms with Gasteiger partial charge in [-0.25, -0.2) is 4.79 Å². The normalized spacial score (nSPS) is 21.0. The Labute approximate surface area is 144 Å². The molecule has 7 nitrogen and oxygen atoms in total. The predicted molar refractivity (Wildman–Crippen MR) is 90.4 cm³/mol. The van der Waals surface area contributed by atoms with Gasteiger partial charge in [-0.05, 0) is 18.9 Å². The number of esters is 1. The molecule has 2 unspecified atom stereocenters. The molecule has 1 aromatic rings. The summed E-state index contributed by atoms with van der Waals surface area (Å²) >= 11 is 6.25. The Kier molecular flexibility index (Phi) is 6.16. The van der Waals surface area contributed by atoms with Gasteiger partial charge in [0.05, 0.1) is 28.8 Å². The van der Waals surface area contributed by atoms with Crippen LogP contribution in [-0.2, 0) is 14.3 Å². The Bertz CT molecular complexity index is 649. The molecule has 0 saturated carbocycles. The van der Waals surface area contributed by atoms with Crippen LogP contribution in [0.15, 0.2) is 30.4 Å². The summed E-state index contributed by atoms with van der Waals surface area (Å²) in [6.07, 6.45) is 4.77. The molecule has 1 aliphatic heterocycles. The van der Waals surface area contributed by atoms with Crippen LogP contribution in [0.2, 0.25) is 5.02 Å². The summed E-state index contributed by atoms with van der Waals surface area (Å²) in [5.74, 6) is -0.432. The minimum atomic E-state index is -0.488. The molecule has 0 spiro atoms. The molecular formula is C16H19ClN2O5. The number of nitro groups is 1. The molecule has 1 fully saturated rings. The van der Waals surface area contributed by atoms with Crippen molar-refractivity contribution in [2.75, 3.05) is 25.7 Å². The summed E-state index contributed by atoms with van der Waals surface area (Å²) in [4.78, 5) is 23.7. The SMILES string of the molecule is COC(=O)/C=C/C1CCC(OC)CN1c1ccc([N+](=O)[O-])cc1Cl. The molecule has 0 bridgehead atoms. The van der Waals surface area contributed by atoms with Gasteiger partial charge in [-0.2, -0.15) is 0 Å². The molecule has 0 radical (unpaired) electrons. The Morgan fingerprint density at radius 3 is 2.75 bits per heavy atom. The Balaban J connectivity index is 2.31. The smallest absolute Gasteiger partial charge is 0.330 e. The number of halogens is 1. The van der Waals surface area contributed by atoms with Gasteiger partial charge >= 0.3 is 5.97 Å². The maximum atomic E-state index is 11.4. The highest BCUT2D eigenvalue weighted by atomic mass is 35.5. The Morgan fingerprint density at radius 1 is 1.42 bits per heavy atom. The van der Waals surface area contributed by atoms with Crippen LogP contribution in [0, 0.1) is 10.1 Å². The van der Waals surface area contributed by atoms with Gasteiger partial charge < -0.3 is 14.4 Å². The molecule has 0 aliphatic carbocycles. The van der Waals surface area contributed by atoms with Gasteiger partial charge in [0.25, 0.3) is 5.69 Å². The third-order valence-corrected chi connectivity index (χ3v) is 4.33.